The number of carbonyl (C=O) groups is 1. The lowest BCUT2D eigenvalue weighted by atomic mass is 9.99. The predicted molar refractivity (Wildman–Crippen MR) is 69.6 cm³/mol. The number of carbonyl (C=O) groups excluding carboxylic acids is 1. The van der Waals surface area contributed by atoms with Crippen LogP contribution in [0.5, 0.6) is 0 Å². The lowest BCUT2D eigenvalue weighted by molar-refractivity contribution is 0.0195. The predicted octanol–water partition coefficient (Wildman–Crippen LogP) is 1.45. The maximum Gasteiger partial charge on any atom is 0.407 e. The molecule has 1 amide bonds. The summed E-state index contributed by atoms with van der Waals surface area (Å²) in [6.45, 7) is 1.55. The van der Waals surface area contributed by atoms with E-state index in [2.05, 4.69) is 5.32 Å². The highest BCUT2D eigenvalue weighted by Gasteiger charge is 2.31. The number of hydrogen-bond acceptors (Lipinski definition) is 4. The quantitative estimate of drug-likeness (QED) is 0.845. The van der Waals surface area contributed by atoms with Gasteiger partial charge in [-0.05, 0) is 12.0 Å². The monoisotopic (exact) mass is 265 g/mol. The number of benzene rings is 1. The van der Waals surface area contributed by atoms with E-state index < -0.39 is 11.7 Å². The van der Waals surface area contributed by atoms with Crippen LogP contribution in [-0.4, -0.2) is 36.6 Å². The number of rotatable bonds is 5. The van der Waals surface area contributed by atoms with Crippen LogP contribution >= 0.6 is 0 Å². The van der Waals surface area contributed by atoms with Gasteiger partial charge in [0, 0.05) is 19.6 Å². The minimum Gasteiger partial charge on any atom is -0.445 e. The van der Waals surface area contributed by atoms with E-state index in [1.807, 2.05) is 30.3 Å². The minimum atomic E-state index is -0.799. The van der Waals surface area contributed by atoms with E-state index in [-0.39, 0.29) is 6.61 Å². The Balaban J connectivity index is 1.62. The number of aliphatic hydroxyl groups is 1. The summed E-state index contributed by atoms with van der Waals surface area (Å²) in [4.78, 5) is 11.4. The van der Waals surface area contributed by atoms with Gasteiger partial charge in [0.05, 0.1) is 12.2 Å². The van der Waals surface area contributed by atoms with Crippen molar-refractivity contribution >= 4 is 6.09 Å². The number of alkyl carbamates (subject to hydrolysis) is 1. The van der Waals surface area contributed by atoms with Gasteiger partial charge in [-0.25, -0.2) is 4.79 Å². The summed E-state index contributed by atoms with van der Waals surface area (Å²) in [6.07, 6.45) is 0.632. The highest BCUT2D eigenvalue weighted by atomic mass is 16.5. The molecule has 0 radical (unpaired) electrons. The van der Waals surface area contributed by atoms with Crippen molar-refractivity contribution in [1.29, 1.82) is 0 Å². The summed E-state index contributed by atoms with van der Waals surface area (Å²) in [5, 5.41) is 12.6. The average molecular weight is 265 g/mol. The first-order valence-electron chi connectivity index (χ1n) is 6.43. The molecular formula is C14H19NO4. The Labute approximate surface area is 112 Å². The number of ether oxygens (including phenoxy) is 2. The molecule has 1 atom stereocenters. The number of nitrogens with one attached hydrogen (secondary N) is 1. The molecule has 104 valence electrons. The van der Waals surface area contributed by atoms with Crippen molar-refractivity contribution in [3.8, 4) is 0 Å². The third-order valence-corrected chi connectivity index (χ3v) is 3.15. The zero-order valence-electron chi connectivity index (χ0n) is 10.8. The lowest BCUT2D eigenvalue weighted by Gasteiger charge is -2.19. The van der Waals surface area contributed by atoms with Crippen molar-refractivity contribution < 1.29 is 19.4 Å². The van der Waals surface area contributed by atoms with Crippen LogP contribution in [0.1, 0.15) is 18.4 Å². The van der Waals surface area contributed by atoms with E-state index in [1.54, 1.807) is 0 Å². The van der Waals surface area contributed by atoms with Crippen molar-refractivity contribution in [3.05, 3.63) is 35.9 Å². The zero-order chi connectivity index (χ0) is 13.6. The van der Waals surface area contributed by atoms with Crippen LogP contribution < -0.4 is 5.32 Å². The Morgan fingerprint density at radius 1 is 1.42 bits per heavy atom. The molecule has 2 N–H and O–H groups in total. The molecule has 1 heterocycles. The van der Waals surface area contributed by atoms with Crippen molar-refractivity contribution in [2.75, 3.05) is 19.8 Å². The van der Waals surface area contributed by atoms with Gasteiger partial charge >= 0.3 is 6.09 Å². The van der Waals surface area contributed by atoms with Gasteiger partial charge in [0.2, 0.25) is 0 Å². The number of amides is 1. The largest absolute Gasteiger partial charge is 0.445 e. The van der Waals surface area contributed by atoms with Crippen molar-refractivity contribution in [2.45, 2.75) is 25.0 Å². The van der Waals surface area contributed by atoms with Crippen LogP contribution in [0.3, 0.4) is 0 Å². The molecule has 19 heavy (non-hydrogen) atoms. The maximum atomic E-state index is 11.4. The Bertz CT molecular complexity index is 401. The van der Waals surface area contributed by atoms with Gasteiger partial charge in [-0.3, -0.25) is 0 Å². The first kappa shape index (κ1) is 13.8. The Hall–Kier alpha value is -1.59. The molecule has 5 nitrogen and oxygen atoms in total. The SMILES string of the molecule is O=C(NCCC1(O)CCOC1)OCc1ccccc1. The summed E-state index contributed by atoms with van der Waals surface area (Å²) in [5.41, 5.74) is 0.146. The normalized spacial score (nSPS) is 22.2. The molecule has 0 saturated carbocycles. The standard InChI is InChI=1S/C14H19NO4/c16-13(19-10-12-4-2-1-3-5-12)15-8-6-14(17)7-9-18-11-14/h1-5,17H,6-11H2,(H,15,16). The summed E-state index contributed by atoms with van der Waals surface area (Å²) < 4.78 is 10.2. The Morgan fingerprint density at radius 3 is 2.89 bits per heavy atom. The molecule has 1 aliphatic heterocycles. The van der Waals surface area contributed by atoms with Gasteiger partial charge in [0.15, 0.2) is 0 Å². The molecule has 1 aliphatic rings. The van der Waals surface area contributed by atoms with Crippen molar-refractivity contribution in [2.24, 2.45) is 0 Å². The van der Waals surface area contributed by atoms with Gasteiger partial charge in [0.1, 0.15) is 6.61 Å². The highest BCUT2D eigenvalue weighted by Crippen LogP contribution is 2.21. The summed E-state index contributed by atoms with van der Waals surface area (Å²) in [5.74, 6) is 0. The summed E-state index contributed by atoms with van der Waals surface area (Å²) in [6, 6.07) is 9.49. The van der Waals surface area contributed by atoms with Gasteiger partial charge in [-0.1, -0.05) is 30.3 Å². The van der Waals surface area contributed by atoms with E-state index >= 15 is 0 Å². The fourth-order valence-corrected chi connectivity index (χ4v) is 1.97. The second kappa shape index (κ2) is 6.54. The second-order valence-electron chi connectivity index (χ2n) is 4.77. The summed E-state index contributed by atoms with van der Waals surface area (Å²) in [7, 11) is 0. The molecule has 1 aromatic rings. The Kier molecular flexibility index (Phi) is 4.76. The molecule has 5 heteroatoms. The molecule has 0 aromatic heterocycles. The van der Waals surface area contributed by atoms with Crippen LogP contribution in [0.25, 0.3) is 0 Å². The topological polar surface area (TPSA) is 67.8 Å². The molecule has 0 spiro atoms. The third-order valence-electron chi connectivity index (χ3n) is 3.15. The first-order chi connectivity index (χ1) is 9.18. The molecular weight excluding hydrogens is 246 g/mol. The minimum absolute atomic E-state index is 0.250. The van der Waals surface area contributed by atoms with Gasteiger partial charge < -0.3 is 19.9 Å². The number of hydrogen-bond donors (Lipinski definition) is 2. The molecule has 1 aromatic carbocycles. The van der Waals surface area contributed by atoms with E-state index in [0.29, 0.717) is 32.6 Å². The second-order valence-corrected chi connectivity index (χ2v) is 4.77. The van der Waals surface area contributed by atoms with Crippen molar-refractivity contribution in [1.82, 2.24) is 5.32 Å². The van der Waals surface area contributed by atoms with Crippen LogP contribution in [-0.2, 0) is 16.1 Å². The molecule has 2 rings (SSSR count). The van der Waals surface area contributed by atoms with E-state index in [0.717, 1.165) is 5.56 Å². The maximum absolute atomic E-state index is 11.4. The van der Waals surface area contributed by atoms with Gasteiger partial charge in [0.25, 0.3) is 0 Å². The van der Waals surface area contributed by atoms with Crippen LogP contribution in [0.15, 0.2) is 30.3 Å². The van der Waals surface area contributed by atoms with Gasteiger partial charge in [-0.15, -0.1) is 0 Å². The molecule has 1 unspecified atom stereocenters. The van der Waals surface area contributed by atoms with Gasteiger partial charge in [-0.2, -0.15) is 0 Å². The smallest absolute Gasteiger partial charge is 0.407 e. The Morgan fingerprint density at radius 2 is 2.21 bits per heavy atom. The molecule has 1 fully saturated rings. The average Bonchev–Trinajstić information content (AvgIpc) is 2.85. The first-order valence-corrected chi connectivity index (χ1v) is 6.43. The zero-order valence-corrected chi connectivity index (χ0v) is 10.8. The molecule has 0 bridgehead atoms. The fraction of sp³-hybridized carbons (Fsp3) is 0.500. The summed E-state index contributed by atoms with van der Waals surface area (Å²) >= 11 is 0. The van der Waals surface area contributed by atoms with Crippen LogP contribution in [0, 0.1) is 0 Å². The third kappa shape index (κ3) is 4.54. The van der Waals surface area contributed by atoms with E-state index in [9.17, 15) is 9.90 Å². The van der Waals surface area contributed by atoms with Crippen molar-refractivity contribution in [3.63, 3.8) is 0 Å². The lowest BCUT2D eigenvalue weighted by Crippen LogP contribution is -2.35. The highest BCUT2D eigenvalue weighted by molar-refractivity contribution is 5.67. The van der Waals surface area contributed by atoms with Crippen LogP contribution in [0.2, 0.25) is 0 Å². The molecule has 0 aliphatic carbocycles. The van der Waals surface area contributed by atoms with Crippen LogP contribution in [0.4, 0.5) is 4.79 Å². The van der Waals surface area contributed by atoms with E-state index in [1.165, 1.54) is 0 Å². The van der Waals surface area contributed by atoms with E-state index in [4.69, 9.17) is 9.47 Å². The fourth-order valence-electron chi connectivity index (χ4n) is 1.97. The molecule has 1 saturated heterocycles.